The van der Waals surface area contributed by atoms with Gasteiger partial charge in [-0.2, -0.15) is 0 Å². The molecule has 0 fully saturated rings. The molecule has 0 aromatic rings. The van der Waals surface area contributed by atoms with Gasteiger partial charge in [0.05, 0.1) is 0 Å². The first-order valence-electron chi connectivity index (χ1n) is 1.97. The Balaban J connectivity index is -0.00000000889. The minimum Gasteiger partial charge on any atom is -0.103 e. The molecule has 0 aromatic carbocycles. The van der Waals surface area contributed by atoms with E-state index >= 15 is 0 Å². The Morgan fingerprint density at radius 1 is 1.14 bits per heavy atom. The fraction of sp³-hybridized carbons (Fsp3) is 0.333. The summed E-state index contributed by atoms with van der Waals surface area (Å²) in [6, 6.07) is 0. The Morgan fingerprint density at radius 3 is 1.14 bits per heavy atom. The van der Waals surface area contributed by atoms with Crippen LogP contribution in [0.15, 0.2) is 25.3 Å². The largest absolute Gasteiger partial charge is 0.103 e. The Hall–Kier alpha value is 0.279. The van der Waals surface area contributed by atoms with Crippen LogP contribution in [-0.2, 0) is 0 Å². The molecule has 0 spiro atoms. The first kappa shape index (κ1) is 15.7. The van der Waals surface area contributed by atoms with Gasteiger partial charge < -0.3 is 0 Å². The van der Waals surface area contributed by atoms with Gasteiger partial charge in [-0.3, -0.25) is 0 Å². The van der Waals surface area contributed by atoms with E-state index in [0.717, 1.165) is 0 Å². The van der Waals surface area contributed by atoms with Gasteiger partial charge in [-0.25, -0.2) is 0 Å². The number of allylic oxidation sites excluding steroid dienone is 2. The summed E-state index contributed by atoms with van der Waals surface area (Å²) in [6.45, 7) is 10.5. The molecule has 0 aromatic heterocycles. The van der Waals surface area contributed by atoms with Crippen molar-refractivity contribution in [1.29, 1.82) is 0 Å². The van der Waals surface area contributed by atoms with Crippen LogP contribution in [-0.4, -0.2) is 23.9 Å². The quantitative estimate of drug-likeness (QED) is 0.422. The van der Waals surface area contributed by atoms with Gasteiger partial charge in [0.15, 0.2) is 0 Å². The Labute approximate surface area is 66.2 Å². The summed E-state index contributed by atoms with van der Waals surface area (Å²) >= 11 is 0. The average Bonchev–Trinajstić information content (AvgIpc) is 1.39. The van der Waals surface area contributed by atoms with Crippen LogP contribution in [0.4, 0.5) is 0 Å². The van der Waals surface area contributed by atoms with Crippen LogP contribution in [0, 0.1) is 0 Å². The third-order valence-corrected chi connectivity index (χ3v) is 0. The summed E-state index contributed by atoms with van der Waals surface area (Å²) < 4.78 is 0. The van der Waals surface area contributed by atoms with Crippen molar-refractivity contribution < 1.29 is 2.85 Å². The van der Waals surface area contributed by atoms with E-state index in [1.165, 1.54) is 0 Å². The van der Waals surface area contributed by atoms with Crippen LogP contribution in [0.2, 0.25) is 0 Å². The zero-order valence-electron chi connectivity index (χ0n) is 5.07. The van der Waals surface area contributed by atoms with E-state index in [2.05, 4.69) is 13.2 Å². The third-order valence-electron chi connectivity index (χ3n) is 0. The topological polar surface area (TPSA) is 0 Å². The molecule has 0 saturated carbocycles. The molecule has 7 heavy (non-hydrogen) atoms. The molecule has 0 N–H and O–H groups in total. The Morgan fingerprint density at radius 2 is 1.14 bits per heavy atom. The monoisotopic (exact) mass is 208 g/mol. The fourth-order valence-electron chi connectivity index (χ4n) is 0. The summed E-state index contributed by atoms with van der Waals surface area (Å²) in [6.07, 6.45) is 3.50. The molecule has 0 atom stereocenters. The van der Waals surface area contributed by atoms with E-state index in [0.29, 0.717) is 0 Å². The van der Waals surface area contributed by atoms with E-state index in [1.54, 1.807) is 12.2 Å². The van der Waals surface area contributed by atoms with Crippen molar-refractivity contribution in [3.05, 3.63) is 25.3 Å². The standard InChI is InChI=1S/2C3H6.Sn.2H2/c2*1-3-2;;;/h2*3H,1H2,2H3;;2*1H. The molecule has 0 aliphatic carbocycles. The van der Waals surface area contributed by atoms with E-state index in [1.807, 2.05) is 13.8 Å². The van der Waals surface area contributed by atoms with Crippen LogP contribution >= 0.6 is 0 Å². The van der Waals surface area contributed by atoms with Crippen molar-refractivity contribution in [3.63, 3.8) is 0 Å². The second-order valence-electron chi connectivity index (χ2n) is 0.816. The molecular formula is C6H16Sn. The summed E-state index contributed by atoms with van der Waals surface area (Å²) in [4.78, 5) is 0. The van der Waals surface area contributed by atoms with Crippen LogP contribution in [0.25, 0.3) is 0 Å². The number of hydrogen-bond donors (Lipinski definition) is 0. The smallest absolute Gasteiger partial charge is 0 e. The zero-order chi connectivity index (χ0) is 5.41. The summed E-state index contributed by atoms with van der Waals surface area (Å²) in [5.74, 6) is 0. The Kier molecular flexibility index (Phi) is 75.4. The summed E-state index contributed by atoms with van der Waals surface area (Å²) in [5.41, 5.74) is 0. The van der Waals surface area contributed by atoms with Gasteiger partial charge in [-0.1, -0.05) is 12.2 Å². The maximum absolute atomic E-state index is 3.36. The number of rotatable bonds is 0. The third kappa shape index (κ3) is 1480. The van der Waals surface area contributed by atoms with Crippen LogP contribution in [0.5, 0.6) is 0 Å². The van der Waals surface area contributed by atoms with E-state index < -0.39 is 0 Å². The van der Waals surface area contributed by atoms with Crippen LogP contribution in [0.3, 0.4) is 0 Å². The van der Waals surface area contributed by atoms with Gasteiger partial charge in [0.25, 0.3) is 0 Å². The average molecular weight is 207 g/mol. The van der Waals surface area contributed by atoms with Gasteiger partial charge in [-0.15, -0.1) is 13.2 Å². The molecule has 0 heterocycles. The zero-order valence-corrected chi connectivity index (χ0v) is 7.92. The number of hydrogen-bond acceptors (Lipinski definition) is 0. The molecule has 0 nitrogen and oxygen atoms in total. The van der Waals surface area contributed by atoms with Gasteiger partial charge in [0, 0.05) is 26.8 Å². The molecule has 0 saturated heterocycles. The SMILES string of the molecule is C=CC.C=CC.[HH].[HH].[Sn]. The summed E-state index contributed by atoms with van der Waals surface area (Å²) in [7, 11) is 0. The molecule has 0 aliphatic rings. The molecule has 0 aliphatic heterocycles. The maximum Gasteiger partial charge on any atom is 0 e. The van der Waals surface area contributed by atoms with Crippen molar-refractivity contribution in [2.24, 2.45) is 0 Å². The first-order chi connectivity index (χ1) is 2.83. The van der Waals surface area contributed by atoms with Crippen molar-refractivity contribution in [3.8, 4) is 0 Å². The second kappa shape index (κ2) is 33.7. The van der Waals surface area contributed by atoms with Crippen molar-refractivity contribution in [2.45, 2.75) is 13.8 Å². The van der Waals surface area contributed by atoms with Crippen molar-refractivity contribution >= 4 is 23.9 Å². The van der Waals surface area contributed by atoms with Gasteiger partial charge >= 0.3 is 0 Å². The minimum atomic E-state index is 0. The van der Waals surface area contributed by atoms with E-state index in [4.69, 9.17) is 0 Å². The van der Waals surface area contributed by atoms with E-state index in [9.17, 15) is 0 Å². The van der Waals surface area contributed by atoms with Crippen molar-refractivity contribution in [2.75, 3.05) is 0 Å². The van der Waals surface area contributed by atoms with Gasteiger partial charge in [0.2, 0.25) is 0 Å². The second-order valence-corrected chi connectivity index (χ2v) is 0.816. The molecule has 0 amide bonds. The first-order valence-corrected chi connectivity index (χ1v) is 1.97. The Bertz CT molecular complexity index is 32.0. The van der Waals surface area contributed by atoms with Crippen LogP contribution in [0.1, 0.15) is 16.7 Å². The molecule has 1 heteroatoms. The van der Waals surface area contributed by atoms with Gasteiger partial charge in [-0.05, 0) is 13.8 Å². The molecule has 0 rings (SSSR count). The van der Waals surface area contributed by atoms with Crippen molar-refractivity contribution in [1.82, 2.24) is 0 Å². The predicted octanol–water partition coefficient (Wildman–Crippen LogP) is 2.50. The predicted molar refractivity (Wildman–Crippen MR) is 41.7 cm³/mol. The molecule has 4 radical (unpaired) electrons. The molecule has 0 unspecified atom stereocenters. The molecule has 0 bridgehead atoms. The molecular weight excluding hydrogens is 191 g/mol. The van der Waals surface area contributed by atoms with E-state index in [-0.39, 0.29) is 26.8 Å². The molecule has 44 valence electrons. The minimum absolute atomic E-state index is 0. The maximum atomic E-state index is 3.36. The summed E-state index contributed by atoms with van der Waals surface area (Å²) in [5, 5.41) is 0. The van der Waals surface area contributed by atoms with Gasteiger partial charge in [0.1, 0.15) is 0 Å². The van der Waals surface area contributed by atoms with Crippen LogP contribution < -0.4 is 0 Å². The normalized spacial score (nSPS) is 3.71. The fourth-order valence-corrected chi connectivity index (χ4v) is 0.